The zero-order valence-corrected chi connectivity index (χ0v) is 21.4. The second-order valence-electron chi connectivity index (χ2n) is 8.21. The van der Waals surface area contributed by atoms with E-state index in [-0.39, 0.29) is 6.54 Å². The van der Waals surface area contributed by atoms with Crippen LogP contribution in [0.5, 0.6) is 0 Å². The van der Waals surface area contributed by atoms with E-state index in [1.54, 1.807) is 0 Å². The number of benzene rings is 4. The lowest BCUT2D eigenvalue weighted by Gasteiger charge is -2.09. The first-order valence-electron chi connectivity index (χ1n) is 11.8. The zero-order chi connectivity index (χ0) is 24.6. The Morgan fingerprint density at radius 2 is 1.00 bits per heavy atom. The largest absolute Gasteiger partial charge is 0.324 e. The summed E-state index contributed by atoms with van der Waals surface area (Å²) in [5.41, 5.74) is 10.3. The van der Waals surface area contributed by atoms with Crippen LogP contribution in [0.1, 0.15) is 17.0 Å². The van der Waals surface area contributed by atoms with Crippen LogP contribution in [0.4, 0.5) is 0 Å². The lowest BCUT2D eigenvalue weighted by atomic mass is 10.1. The van der Waals surface area contributed by atoms with Crippen LogP contribution in [0.25, 0.3) is 22.8 Å². The molecule has 0 aliphatic rings. The van der Waals surface area contributed by atoms with Gasteiger partial charge in [0.15, 0.2) is 11.6 Å². The molecular formula is C30H26N4S2. The molecule has 178 valence electrons. The van der Waals surface area contributed by atoms with Gasteiger partial charge in [0.25, 0.3) is 0 Å². The fraction of sp³-hybridized carbons (Fsp3) is 0.100. The summed E-state index contributed by atoms with van der Waals surface area (Å²) in [6.45, 7) is 0.260. The van der Waals surface area contributed by atoms with Gasteiger partial charge in [-0.3, -0.25) is 0 Å². The lowest BCUT2D eigenvalue weighted by Crippen LogP contribution is -2.07. The van der Waals surface area contributed by atoms with Gasteiger partial charge in [-0.05, 0) is 47.5 Å². The van der Waals surface area contributed by atoms with Crippen molar-refractivity contribution < 1.29 is 0 Å². The smallest absolute Gasteiger partial charge is 0.163 e. The SMILES string of the molecule is NCc1nc(-c2cccc(CSc3ccccc3)c2)nc(-c2cccc(CSc3ccccc3)c2)n1. The number of nitrogens with zero attached hydrogens (tertiary/aromatic N) is 3. The van der Waals surface area contributed by atoms with Crippen molar-refractivity contribution in [3.05, 3.63) is 126 Å². The first-order chi connectivity index (χ1) is 17.8. The quantitative estimate of drug-likeness (QED) is 0.212. The molecule has 0 aliphatic carbocycles. The molecule has 0 atom stereocenters. The Labute approximate surface area is 220 Å². The molecule has 36 heavy (non-hydrogen) atoms. The van der Waals surface area contributed by atoms with Gasteiger partial charge in [-0.1, -0.05) is 72.8 Å². The van der Waals surface area contributed by atoms with Crippen LogP contribution in [-0.4, -0.2) is 15.0 Å². The molecule has 2 N–H and O–H groups in total. The Morgan fingerprint density at radius 1 is 0.528 bits per heavy atom. The maximum atomic E-state index is 5.97. The summed E-state index contributed by atoms with van der Waals surface area (Å²) in [4.78, 5) is 16.6. The van der Waals surface area contributed by atoms with E-state index < -0.39 is 0 Å². The van der Waals surface area contributed by atoms with E-state index in [1.165, 1.54) is 20.9 Å². The Bertz CT molecular complexity index is 1320. The fourth-order valence-electron chi connectivity index (χ4n) is 3.74. The number of nitrogens with two attached hydrogens (primary N) is 1. The van der Waals surface area contributed by atoms with E-state index >= 15 is 0 Å². The number of rotatable bonds is 9. The molecule has 0 fully saturated rings. The molecule has 0 spiro atoms. The summed E-state index contributed by atoms with van der Waals surface area (Å²) in [7, 11) is 0. The monoisotopic (exact) mass is 506 g/mol. The lowest BCUT2D eigenvalue weighted by molar-refractivity contribution is 0.885. The topological polar surface area (TPSA) is 64.7 Å². The van der Waals surface area contributed by atoms with E-state index in [4.69, 9.17) is 10.7 Å². The molecular weight excluding hydrogens is 480 g/mol. The second kappa shape index (κ2) is 12.0. The maximum absolute atomic E-state index is 5.97. The Hall–Kier alpha value is -3.45. The maximum Gasteiger partial charge on any atom is 0.163 e. The summed E-state index contributed by atoms with van der Waals surface area (Å²) in [5.74, 6) is 3.64. The van der Waals surface area contributed by atoms with Gasteiger partial charge in [-0.2, -0.15) is 0 Å². The molecule has 0 radical (unpaired) electrons. The predicted octanol–water partition coefficient (Wildman–Crippen LogP) is 7.25. The summed E-state index contributed by atoms with van der Waals surface area (Å²) in [6, 6.07) is 37.7. The van der Waals surface area contributed by atoms with Crippen molar-refractivity contribution in [2.24, 2.45) is 5.73 Å². The highest BCUT2D eigenvalue weighted by Crippen LogP contribution is 2.27. The molecule has 5 aromatic rings. The van der Waals surface area contributed by atoms with E-state index in [0.717, 1.165) is 22.6 Å². The van der Waals surface area contributed by atoms with Gasteiger partial charge in [-0.25, -0.2) is 15.0 Å². The number of aromatic nitrogens is 3. The number of hydrogen-bond donors (Lipinski definition) is 1. The van der Waals surface area contributed by atoms with E-state index in [9.17, 15) is 0 Å². The normalized spacial score (nSPS) is 10.9. The van der Waals surface area contributed by atoms with Gasteiger partial charge in [0.05, 0.1) is 6.54 Å². The Morgan fingerprint density at radius 3 is 1.44 bits per heavy atom. The predicted molar refractivity (Wildman–Crippen MR) is 151 cm³/mol. The van der Waals surface area contributed by atoms with Gasteiger partial charge in [0.2, 0.25) is 0 Å². The zero-order valence-electron chi connectivity index (χ0n) is 19.7. The van der Waals surface area contributed by atoms with Crippen LogP contribution in [0.3, 0.4) is 0 Å². The highest BCUT2D eigenvalue weighted by molar-refractivity contribution is 7.98. The van der Waals surface area contributed by atoms with Crippen LogP contribution in [0.2, 0.25) is 0 Å². The third kappa shape index (κ3) is 6.40. The summed E-state index contributed by atoms with van der Waals surface area (Å²) in [6.07, 6.45) is 0. The van der Waals surface area contributed by atoms with Gasteiger partial charge < -0.3 is 5.73 Å². The van der Waals surface area contributed by atoms with Gasteiger partial charge in [0.1, 0.15) is 5.82 Å². The Balaban J connectivity index is 1.38. The Kier molecular flexibility index (Phi) is 8.08. The van der Waals surface area contributed by atoms with Crippen LogP contribution >= 0.6 is 23.5 Å². The molecule has 1 heterocycles. The van der Waals surface area contributed by atoms with E-state index in [0.29, 0.717) is 17.5 Å². The summed E-state index contributed by atoms with van der Waals surface area (Å²) >= 11 is 3.63. The van der Waals surface area contributed by atoms with Crippen molar-refractivity contribution in [3.8, 4) is 22.8 Å². The fourth-order valence-corrected chi connectivity index (χ4v) is 5.46. The third-order valence-corrected chi connectivity index (χ3v) is 7.70. The standard InChI is InChI=1S/C30H26N4S2/c31-19-28-32-29(24-11-7-9-22(17-24)20-35-26-13-3-1-4-14-26)34-30(33-28)25-12-8-10-23(18-25)21-36-27-15-5-2-6-16-27/h1-18H,19-21,31H2. The van der Waals surface area contributed by atoms with Crippen LogP contribution in [-0.2, 0) is 18.1 Å². The van der Waals surface area contributed by atoms with Crippen molar-refractivity contribution in [1.82, 2.24) is 15.0 Å². The summed E-state index contributed by atoms with van der Waals surface area (Å²) in [5, 5.41) is 0. The third-order valence-electron chi connectivity index (χ3n) is 5.53. The number of thioether (sulfide) groups is 2. The van der Waals surface area contributed by atoms with Gasteiger partial charge in [0, 0.05) is 32.4 Å². The molecule has 1 aromatic heterocycles. The summed E-state index contributed by atoms with van der Waals surface area (Å²) < 4.78 is 0. The van der Waals surface area contributed by atoms with Crippen molar-refractivity contribution in [2.75, 3.05) is 0 Å². The van der Waals surface area contributed by atoms with Crippen LogP contribution < -0.4 is 5.73 Å². The minimum absolute atomic E-state index is 0.260. The van der Waals surface area contributed by atoms with Gasteiger partial charge in [-0.15, -0.1) is 23.5 Å². The minimum atomic E-state index is 0.260. The highest BCUT2D eigenvalue weighted by Gasteiger charge is 2.11. The van der Waals surface area contributed by atoms with Crippen molar-refractivity contribution in [1.29, 1.82) is 0 Å². The molecule has 0 saturated heterocycles. The van der Waals surface area contributed by atoms with Crippen LogP contribution in [0, 0.1) is 0 Å². The molecule has 5 rings (SSSR count). The molecule has 0 saturated carbocycles. The van der Waals surface area contributed by atoms with Crippen molar-refractivity contribution >= 4 is 23.5 Å². The molecule has 6 heteroatoms. The van der Waals surface area contributed by atoms with Crippen molar-refractivity contribution in [3.63, 3.8) is 0 Å². The molecule has 0 bridgehead atoms. The molecule has 4 nitrogen and oxygen atoms in total. The number of hydrogen-bond acceptors (Lipinski definition) is 6. The van der Waals surface area contributed by atoms with E-state index in [1.807, 2.05) is 47.8 Å². The average Bonchev–Trinajstić information content (AvgIpc) is 2.96. The van der Waals surface area contributed by atoms with Gasteiger partial charge >= 0.3 is 0 Å². The second-order valence-corrected chi connectivity index (χ2v) is 10.3. The molecule has 0 unspecified atom stereocenters. The minimum Gasteiger partial charge on any atom is -0.324 e. The molecule has 4 aromatic carbocycles. The first-order valence-corrected chi connectivity index (χ1v) is 13.7. The molecule has 0 amide bonds. The average molecular weight is 507 g/mol. The first kappa shape index (κ1) is 24.3. The van der Waals surface area contributed by atoms with Crippen LogP contribution in [0.15, 0.2) is 119 Å². The molecule has 0 aliphatic heterocycles. The highest BCUT2D eigenvalue weighted by atomic mass is 32.2. The van der Waals surface area contributed by atoms with E-state index in [2.05, 4.69) is 94.9 Å². The van der Waals surface area contributed by atoms with Crippen molar-refractivity contribution in [2.45, 2.75) is 27.8 Å².